The fourth-order valence-electron chi connectivity index (χ4n) is 2.39. The highest BCUT2D eigenvalue weighted by Crippen LogP contribution is 2.26. The molecule has 1 aliphatic rings. The van der Waals surface area contributed by atoms with Gasteiger partial charge in [0.05, 0.1) is 12.2 Å². The zero-order valence-electron chi connectivity index (χ0n) is 9.69. The van der Waals surface area contributed by atoms with Crippen LogP contribution in [-0.2, 0) is 19.4 Å². The maximum absolute atomic E-state index is 5.56. The lowest BCUT2D eigenvalue weighted by atomic mass is 10.0. The lowest BCUT2D eigenvalue weighted by Gasteiger charge is -2.05. The predicted octanol–water partition coefficient (Wildman–Crippen LogP) is 2.09. The molecule has 0 saturated carbocycles. The molecular weight excluding hydrogens is 210 g/mol. The summed E-state index contributed by atoms with van der Waals surface area (Å²) in [5, 5.41) is 0. The third-order valence-electron chi connectivity index (χ3n) is 3.28. The standard InChI is InChI=1S/C14H15N3/c15-9-14-16-7-6-13(17-14)12-5-4-10-2-1-3-11(10)8-12/h4-8H,1-3,9,15H2. The van der Waals surface area contributed by atoms with Crippen LogP contribution in [0, 0.1) is 0 Å². The van der Waals surface area contributed by atoms with Crippen LogP contribution in [0.25, 0.3) is 11.3 Å². The molecule has 0 bridgehead atoms. The summed E-state index contributed by atoms with van der Waals surface area (Å²) in [6, 6.07) is 8.56. The SMILES string of the molecule is NCc1nccc(-c2ccc3c(c2)CCC3)n1. The van der Waals surface area contributed by atoms with Crippen molar-refractivity contribution in [3.63, 3.8) is 0 Å². The molecule has 17 heavy (non-hydrogen) atoms. The Kier molecular flexibility index (Phi) is 2.61. The largest absolute Gasteiger partial charge is 0.324 e. The molecule has 0 spiro atoms. The lowest BCUT2D eigenvalue weighted by molar-refractivity contribution is 0.910. The summed E-state index contributed by atoms with van der Waals surface area (Å²) in [6.07, 6.45) is 5.46. The first kappa shape index (κ1) is 10.4. The van der Waals surface area contributed by atoms with E-state index in [1.54, 1.807) is 6.20 Å². The summed E-state index contributed by atoms with van der Waals surface area (Å²) in [5.41, 5.74) is 10.7. The molecule has 2 aromatic rings. The average Bonchev–Trinajstić information content (AvgIpc) is 2.86. The normalized spacial score (nSPS) is 13.7. The van der Waals surface area contributed by atoms with Crippen LogP contribution in [0.15, 0.2) is 30.5 Å². The number of aromatic nitrogens is 2. The number of benzene rings is 1. The third kappa shape index (κ3) is 1.94. The summed E-state index contributed by atoms with van der Waals surface area (Å²) >= 11 is 0. The van der Waals surface area contributed by atoms with E-state index in [0.29, 0.717) is 12.4 Å². The molecule has 1 aliphatic carbocycles. The highest BCUT2D eigenvalue weighted by molar-refractivity contribution is 5.61. The molecule has 0 atom stereocenters. The molecule has 0 aliphatic heterocycles. The Morgan fingerprint density at radius 2 is 2.00 bits per heavy atom. The fourth-order valence-corrected chi connectivity index (χ4v) is 2.39. The van der Waals surface area contributed by atoms with E-state index in [1.807, 2.05) is 6.07 Å². The molecule has 0 radical (unpaired) electrons. The summed E-state index contributed by atoms with van der Waals surface area (Å²) < 4.78 is 0. The monoisotopic (exact) mass is 225 g/mol. The molecule has 3 rings (SSSR count). The molecule has 1 aromatic heterocycles. The van der Waals surface area contributed by atoms with Crippen LogP contribution in [-0.4, -0.2) is 9.97 Å². The first-order valence-corrected chi connectivity index (χ1v) is 6.01. The molecule has 0 fully saturated rings. The van der Waals surface area contributed by atoms with Gasteiger partial charge in [0, 0.05) is 11.8 Å². The van der Waals surface area contributed by atoms with Gasteiger partial charge in [0.2, 0.25) is 0 Å². The van der Waals surface area contributed by atoms with E-state index >= 15 is 0 Å². The van der Waals surface area contributed by atoms with Crippen molar-refractivity contribution in [2.45, 2.75) is 25.8 Å². The molecule has 2 N–H and O–H groups in total. The Bertz CT molecular complexity index is 549. The van der Waals surface area contributed by atoms with Gasteiger partial charge in [0.1, 0.15) is 5.82 Å². The van der Waals surface area contributed by atoms with Crippen LogP contribution in [0.2, 0.25) is 0 Å². The third-order valence-corrected chi connectivity index (χ3v) is 3.28. The van der Waals surface area contributed by atoms with Crippen molar-refractivity contribution in [2.75, 3.05) is 0 Å². The minimum absolute atomic E-state index is 0.388. The van der Waals surface area contributed by atoms with E-state index in [0.717, 1.165) is 5.69 Å². The van der Waals surface area contributed by atoms with Gasteiger partial charge in [0.25, 0.3) is 0 Å². The number of fused-ring (bicyclic) bond motifs is 1. The Morgan fingerprint density at radius 1 is 1.12 bits per heavy atom. The molecule has 0 unspecified atom stereocenters. The van der Waals surface area contributed by atoms with Crippen LogP contribution >= 0.6 is 0 Å². The van der Waals surface area contributed by atoms with Crippen molar-refractivity contribution in [2.24, 2.45) is 5.73 Å². The lowest BCUT2D eigenvalue weighted by Crippen LogP contribution is -2.03. The Balaban J connectivity index is 2.03. The smallest absolute Gasteiger partial charge is 0.142 e. The maximum Gasteiger partial charge on any atom is 0.142 e. The van der Waals surface area contributed by atoms with Crippen molar-refractivity contribution in [3.05, 3.63) is 47.4 Å². The topological polar surface area (TPSA) is 51.8 Å². The fraction of sp³-hybridized carbons (Fsp3) is 0.286. The summed E-state index contributed by atoms with van der Waals surface area (Å²) in [7, 11) is 0. The second-order valence-electron chi connectivity index (χ2n) is 4.40. The van der Waals surface area contributed by atoms with Gasteiger partial charge in [-0.05, 0) is 42.5 Å². The van der Waals surface area contributed by atoms with E-state index < -0.39 is 0 Å². The maximum atomic E-state index is 5.56. The van der Waals surface area contributed by atoms with Crippen LogP contribution in [0.5, 0.6) is 0 Å². The first-order chi connectivity index (χ1) is 8.36. The van der Waals surface area contributed by atoms with Crippen molar-refractivity contribution in [1.82, 2.24) is 9.97 Å². The molecule has 3 nitrogen and oxygen atoms in total. The second-order valence-corrected chi connectivity index (χ2v) is 4.40. The summed E-state index contributed by atoms with van der Waals surface area (Å²) in [5.74, 6) is 0.697. The summed E-state index contributed by atoms with van der Waals surface area (Å²) in [6.45, 7) is 0.388. The molecule has 1 aromatic carbocycles. The van der Waals surface area contributed by atoms with Gasteiger partial charge in [-0.3, -0.25) is 0 Å². The number of rotatable bonds is 2. The number of nitrogens with zero attached hydrogens (tertiary/aromatic N) is 2. The van der Waals surface area contributed by atoms with Crippen molar-refractivity contribution in [3.8, 4) is 11.3 Å². The van der Waals surface area contributed by atoms with E-state index in [9.17, 15) is 0 Å². The first-order valence-electron chi connectivity index (χ1n) is 6.01. The van der Waals surface area contributed by atoms with Gasteiger partial charge in [-0.25, -0.2) is 9.97 Å². The summed E-state index contributed by atoms with van der Waals surface area (Å²) in [4.78, 5) is 8.57. The van der Waals surface area contributed by atoms with Gasteiger partial charge in [-0.2, -0.15) is 0 Å². The number of hydrogen-bond donors (Lipinski definition) is 1. The Hall–Kier alpha value is -1.74. The van der Waals surface area contributed by atoms with E-state index in [1.165, 1.54) is 36.0 Å². The molecule has 1 heterocycles. The number of hydrogen-bond acceptors (Lipinski definition) is 3. The van der Waals surface area contributed by atoms with E-state index in [-0.39, 0.29) is 0 Å². The van der Waals surface area contributed by atoms with Gasteiger partial charge in [0.15, 0.2) is 0 Å². The van der Waals surface area contributed by atoms with E-state index in [2.05, 4.69) is 28.2 Å². The predicted molar refractivity (Wildman–Crippen MR) is 67.4 cm³/mol. The minimum Gasteiger partial charge on any atom is -0.324 e. The quantitative estimate of drug-likeness (QED) is 0.851. The van der Waals surface area contributed by atoms with Crippen LogP contribution < -0.4 is 5.73 Å². The molecule has 3 heteroatoms. The Labute approximate surface area is 101 Å². The molecular formula is C14H15N3. The van der Waals surface area contributed by atoms with Gasteiger partial charge in [-0.1, -0.05) is 12.1 Å². The van der Waals surface area contributed by atoms with Gasteiger partial charge >= 0.3 is 0 Å². The van der Waals surface area contributed by atoms with Crippen molar-refractivity contribution < 1.29 is 0 Å². The van der Waals surface area contributed by atoms with E-state index in [4.69, 9.17) is 5.73 Å². The zero-order chi connectivity index (χ0) is 11.7. The number of nitrogens with two attached hydrogens (primary N) is 1. The van der Waals surface area contributed by atoms with Crippen LogP contribution in [0.3, 0.4) is 0 Å². The Morgan fingerprint density at radius 3 is 2.88 bits per heavy atom. The van der Waals surface area contributed by atoms with Gasteiger partial charge < -0.3 is 5.73 Å². The average molecular weight is 225 g/mol. The van der Waals surface area contributed by atoms with Crippen LogP contribution in [0.4, 0.5) is 0 Å². The minimum atomic E-state index is 0.388. The highest BCUT2D eigenvalue weighted by Gasteiger charge is 2.11. The van der Waals surface area contributed by atoms with Crippen molar-refractivity contribution >= 4 is 0 Å². The molecule has 86 valence electrons. The van der Waals surface area contributed by atoms with Crippen LogP contribution in [0.1, 0.15) is 23.4 Å². The van der Waals surface area contributed by atoms with Crippen molar-refractivity contribution in [1.29, 1.82) is 0 Å². The second kappa shape index (κ2) is 4.26. The molecule has 0 amide bonds. The van der Waals surface area contributed by atoms with Gasteiger partial charge in [-0.15, -0.1) is 0 Å². The highest BCUT2D eigenvalue weighted by atomic mass is 14.9. The molecule has 0 saturated heterocycles. The zero-order valence-corrected chi connectivity index (χ0v) is 9.69. The number of aryl methyl sites for hydroxylation is 2.